The van der Waals surface area contributed by atoms with Crippen molar-refractivity contribution in [2.24, 2.45) is 5.73 Å². The van der Waals surface area contributed by atoms with Crippen molar-refractivity contribution in [1.29, 1.82) is 0 Å². The third-order valence-corrected chi connectivity index (χ3v) is 3.31. The number of nitrogens with zero attached hydrogens (tertiary/aromatic N) is 2. The van der Waals surface area contributed by atoms with Gasteiger partial charge in [-0.3, -0.25) is 0 Å². The molecule has 0 saturated carbocycles. The maximum absolute atomic E-state index is 6.24. The number of nitrogens with two attached hydrogens (primary N) is 1. The summed E-state index contributed by atoms with van der Waals surface area (Å²) in [6.45, 7) is 3.84. The monoisotopic (exact) mass is 261 g/mol. The molecular formula is C14H16ClN3. The van der Waals surface area contributed by atoms with E-state index >= 15 is 0 Å². The van der Waals surface area contributed by atoms with E-state index in [9.17, 15) is 0 Å². The third-order valence-electron chi connectivity index (χ3n) is 2.94. The van der Waals surface area contributed by atoms with Crippen LogP contribution in [0.2, 0.25) is 5.02 Å². The molecular weight excluding hydrogens is 246 g/mol. The highest BCUT2D eigenvalue weighted by molar-refractivity contribution is 6.31. The highest BCUT2D eigenvalue weighted by atomic mass is 35.5. The molecule has 2 N–H and O–H groups in total. The SMILES string of the molecule is Cc1cc(C(N)Cc2ccccc2Cl)c(C)nn1. The summed E-state index contributed by atoms with van der Waals surface area (Å²) in [7, 11) is 0. The Morgan fingerprint density at radius 3 is 2.67 bits per heavy atom. The highest BCUT2D eigenvalue weighted by Gasteiger charge is 2.13. The molecule has 0 saturated heterocycles. The van der Waals surface area contributed by atoms with Gasteiger partial charge in [0.15, 0.2) is 0 Å². The lowest BCUT2D eigenvalue weighted by Crippen LogP contribution is -2.16. The molecule has 0 aliphatic heterocycles. The fraction of sp³-hybridized carbons (Fsp3) is 0.286. The molecule has 0 bridgehead atoms. The van der Waals surface area contributed by atoms with Crippen LogP contribution in [0.15, 0.2) is 30.3 Å². The van der Waals surface area contributed by atoms with Crippen molar-refractivity contribution in [3.8, 4) is 0 Å². The van der Waals surface area contributed by atoms with Gasteiger partial charge in [0.05, 0.1) is 11.4 Å². The van der Waals surface area contributed by atoms with Crippen molar-refractivity contribution in [2.45, 2.75) is 26.3 Å². The maximum atomic E-state index is 6.24. The van der Waals surface area contributed by atoms with E-state index in [-0.39, 0.29) is 6.04 Å². The lowest BCUT2D eigenvalue weighted by atomic mass is 9.98. The van der Waals surface area contributed by atoms with Gasteiger partial charge in [-0.1, -0.05) is 29.8 Å². The van der Waals surface area contributed by atoms with Crippen LogP contribution in [0, 0.1) is 13.8 Å². The molecule has 94 valence electrons. The van der Waals surface area contributed by atoms with E-state index in [0.717, 1.165) is 27.5 Å². The first kappa shape index (κ1) is 13.0. The summed E-state index contributed by atoms with van der Waals surface area (Å²) in [4.78, 5) is 0. The van der Waals surface area contributed by atoms with Gasteiger partial charge in [0.2, 0.25) is 0 Å². The fourth-order valence-corrected chi connectivity index (χ4v) is 2.17. The molecule has 0 amide bonds. The topological polar surface area (TPSA) is 51.8 Å². The number of rotatable bonds is 3. The van der Waals surface area contributed by atoms with E-state index in [4.69, 9.17) is 17.3 Å². The fourth-order valence-electron chi connectivity index (χ4n) is 1.96. The van der Waals surface area contributed by atoms with Crippen LogP contribution < -0.4 is 5.73 Å². The van der Waals surface area contributed by atoms with Crippen LogP contribution in [-0.2, 0) is 6.42 Å². The average molecular weight is 262 g/mol. The highest BCUT2D eigenvalue weighted by Crippen LogP contribution is 2.23. The molecule has 1 aromatic carbocycles. The number of halogens is 1. The van der Waals surface area contributed by atoms with Gasteiger partial charge in [0.25, 0.3) is 0 Å². The second-order valence-corrected chi connectivity index (χ2v) is 4.84. The zero-order valence-corrected chi connectivity index (χ0v) is 11.3. The van der Waals surface area contributed by atoms with E-state index in [1.807, 2.05) is 44.2 Å². The van der Waals surface area contributed by atoms with Gasteiger partial charge in [-0.2, -0.15) is 10.2 Å². The average Bonchev–Trinajstić information content (AvgIpc) is 2.35. The molecule has 18 heavy (non-hydrogen) atoms. The minimum Gasteiger partial charge on any atom is -0.324 e. The van der Waals surface area contributed by atoms with Crippen molar-refractivity contribution >= 4 is 11.6 Å². The molecule has 1 aromatic heterocycles. The summed E-state index contributed by atoms with van der Waals surface area (Å²) < 4.78 is 0. The number of aromatic nitrogens is 2. The summed E-state index contributed by atoms with van der Waals surface area (Å²) in [5.74, 6) is 0. The largest absolute Gasteiger partial charge is 0.324 e. The second kappa shape index (κ2) is 5.46. The minimum atomic E-state index is -0.112. The quantitative estimate of drug-likeness (QED) is 0.924. The molecule has 4 heteroatoms. The molecule has 1 unspecified atom stereocenters. The second-order valence-electron chi connectivity index (χ2n) is 4.43. The number of aryl methyl sites for hydroxylation is 2. The molecule has 2 aromatic rings. The van der Waals surface area contributed by atoms with Crippen LogP contribution in [0.3, 0.4) is 0 Å². The Bertz CT molecular complexity index is 554. The van der Waals surface area contributed by atoms with Gasteiger partial charge in [-0.25, -0.2) is 0 Å². The van der Waals surface area contributed by atoms with E-state index in [0.29, 0.717) is 6.42 Å². The zero-order valence-electron chi connectivity index (χ0n) is 10.5. The lowest BCUT2D eigenvalue weighted by molar-refractivity contribution is 0.700. The van der Waals surface area contributed by atoms with Gasteiger partial charge in [-0.05, 0) is 43.5 Å². The Kier molecular flexibility index (Phi) is 3.94. The van der Waals surface area contributed by atoms with E-state index in [1.165, 1.54) is 0 Å². The molecule has 3 nitrogen and oxygen atoms in total. The normalized spacial score (nSPS) is 12.4. The summed E-state index contributed by atoms with van der Waals surface area (Å²) in [6.07, 6.45) is 0.700. The third kappa shape index (κ3) is 2.86. The Balaban J connectivity index is 2.25. The van der Waals surface area contributed by atoms with Gasteiger partial charge >= 0.3 is 0 Å². The summed E-state index contributed by atoms with van der Waals surface area (Å²) in [6, 6.07) is 9.64. The van der Waals surface area contributed by atoms with Gasteiger partial charge in [0.1, 0.15) is 0 Å². The molecule has 0 aliphatic carbocycles. The van der Waals surface area contributed by atoms with Crippen LogP contribution in [0.5, 0.6) is 0 Å². The first-order valence-corrected chi connectivity index (χ1v) is 6.25. The molecule has 0 fully saturated rings. The van der Waals surface area contributed by atoms with Crippen LogP contribution in [-0.4, -0.2) is 10.2 Å². The first-order valence-electron chi connectivity index (χ1n) is 5.87. The van der Waals surface area contributed by atoms with E-state index in [1.54, 1.807) is 0 Å². The van der Waals surface area contributed by atoms with Crippen molar-refractivity contribution < 1.29 is 0 Å². The lowest BCUT2D eigenvalue weighted by Gasteiger charge is -2.15. The predicted molar refractivity (Wildman–Crippen MR) is 73.6 cm³/mol. The summed E-state index contributed by atoms with van der Waals surface area (Å²) in [5.41, 5.74) is 10.1. The minimum absolute atomic E-state index is 0.112. The molecule has 1 heterocycles. The van der Waals surface area contributed by atoms with Gasteiger partial charge in [0, 0.05) is 11.1 Å². The molecule has 0 aliphatic rings. The predicted octanol–water partition coefficient (Wildman–Crippen LogP) is 2.99. The Labute approximate surface area is 112 Å². The Morgan fingerprint density at radius 2 is 1.94 bits per heavy atom. The van der Waals surface area contributed by atoms with Gasteiger partial charge in [-0.15, -0.1) is 0 Å². The molecule has 1 atom stereocenters. The van der Waals surface area contributed by atoms with Crippen molar-refractivity contribution in [2.75, 3.05) is 0 Å². The molecule has 0 radical (unpaired) electrons. The maximum Gasteiger partial charge on any atom is 0.0648 e. The standard InChI is InChI=1S/C14H16ClN3/c1-9-7-12(10(2)18-17-9)14(16)8-11-5-3-4-6-13(11)15/h3-7,14H,8,16H2,1-2H3. The number of benzene rings is 1. The number of hydrogen-bond donors (Lipinski definition) is 1. The van der Waals surface area contributed by atoms with E-state index < -0.39 is 0 Å². The van der Waals surface area contributed by atoms with Crippen molar-refractivity contribution in [3.05, 3.63) is 57.9 Å². The zero-order chi connectivity index (χ0) is 13.1. The van der Waals surface area contributed by atoms with Crippen LogP contribution in [0.25, 0.3) is 0 Å². The molecule has 2 rings (SSSR count). The summed E-state index contributed by atoms with van der Waals surface area (Å²) in [5, 5.41) is 8.87. The van der Waals surface area contributed by atoms with Crippen LogP contribution in [0.1, 0.15) is 28.6 Å². The van der Waals surface area contributed by atoms with E-state index in [2.05, 4.69) is 10.2 Å². The van der Waals surface area contributed by atoms with Crippen molar-refractivity contribution in [3.63, 3.8) is 0 Å². The number of hydrogen-bond acceptors (Lipinski definition) is 3. The summed E-state index contributed by atoms with van der Waals surface area (Å²) >= 11 is 6.14. The Morgan fingerprint density at radius 1 is 1.22 bits per heavy atom. The smallest absolute Gasteiger partial charge is 0.0648 e. The molecule has 0 spiro atoms. The van der Waals surface area contributed by atoms with Crippen molar-refractivity contribution in [1.82, 2.24) is 10.2 Å². The van der Waals surface area contributed by atoms with Gasteiger partial charge < -0.3 is 5.73 Å². The first-order chi connectivity index (χ1) is 8.58. The van der Waals surface area contributed by atoms with Crippen LogP contribution >= 0.6 is 11.6 Å². The van der Waals surface area contributed by atoms with Crippen LogP contribution in [0.4, 0.5) is 0 Å². The Hall–Kier alpha value is -1.45.